The fraction of sp³-hybridized carbons (Fsp3) is 0.188. The van der Waals surface area contributed by atoms with Crippen molar-refractivity contribution >= 4 is 11.0 Å². The van der Waals surface area contributed by atoms with E-state index in [-0.39, 0.29) is 17.5 Å². The van der Waals surface area contributed by atoms with Crippen molar-refractivity contribution in [1.29, 1.82) is 0 Å². The Kier molecular flexibility index (Phi) is 3.35. The monoisotopic (exact) mass is 285 g/mol. The molecule has 2 aromatic carbocycles. The van der Waals surface area contributed by atoms with Crippen molar-refractivity contribution in [1.82, 2.24) is 15.3 Å². The fourth-order valence-corrected chi connectivity index (χ4v) is 2.60. The van der Waals surface area contributed by atoms with Gasteiger partial charge in [0, 0.05) is 5.56 Å². The molecule has 21 heavy (non-hydrogen) atoms. The molecule has 1 heterocycles. The van der Waals surface area contributed by atoms with Crippen molar-refractivity contribution < 1.29 is 4.39 Å². The van der Waals surface area contributed by atoms with Gasteiger partial charge >= 0.3 is 5.69 Å². The number of imidazole rings is 1. The summed E-state index contributed by atoms with van der Waals surface area (Å²) in [6, 6.07) is 10.5. The number of aromatic amines is 2. The molecule has 108 valence electrons. The predicted octanol–water partition coefficient (Wildman–Crippen LogP) is 2.61. The number of H-pyrrole nitrogens is 2. The van der Waals surface area contributed by atoms with E-state index in [2.05, 4.69) is 15.3 Å². The quantitative estimate of drug-likeness (QED) is 0.692. The SMILES string of the molecule is CNC(c1ccc2[nH]c(=O)[nH]c2c1)c1ccc(C)cc1F. The number of halogens is 1. The average Bonchev–Trinajstić information content (AvgIpc) is 2.81. The lowest BCUT2D eigenvalue weighted by Crippen LogP contribution is -2.19. The van der Waals surface area contributed by atoms with Crippen LogP contribution in [0.5, 0.6) is 0 Å². The molecule has 0 aliphatic rings. The van der Waals surface area contributed by atoms with Crippen molar-refractivity contribution in [3.05, 3.63) is 69.4 Å². The van der Waals surface area contributed by atoms with Crippen LogP contribution in [0.3, 0.4) is 0 Å². The zero-order chi connectivity index (χ0) is 15.0. The van der Waals surface area contributed by atoms with E-state index in [1.807, 2.05) is 31.2 Å². The Labute approximate surface area is 121 Å². The maximum absolute atomic E-state index is 14.2. The van der Waals surface area contributed by atoms with Gasteiger partial charge in [0.25, 0.3) is 0 Å². The van der Waals surface area contributed by atoms with Gasteiger partial charge in [-0.25, -0.2) is 9.18 Å². The number of rotatable bonds is 3. The molecule has 0 bridgehead atoms. The Morgan fingerprint density at radius 1 is 1.10 bits per heavy atom. The van der Waals surface area contributed by atoms with Gasteiger partial charge in [-0.15, -0.1) is 0 Å². The number of hydrogen-bond donors (Lipinski definition) is 3. The first-order valence-electron chi connectivity index (χ1n) is 6.74. The molecular weight excluding hydrogens is 269 g/mol. The summed E-state index contributed by atoms with van der Waals surface area (Å²) in [5, 5.41) is 3.12. The van der Waals surface area contributed by atoms with Gasteiger partial charge in [-0.3, -0.25) is 0 Å². The standard InChI is InChI=1S/C16H16FN3O/c1-9-3-5-11(12(17)7-9)15(18-2)10-4-6-13-14(8-10)20-16(21)19-13/h3-8,15,18H,1-2H3,(H2,19,20,21). The first-order valence-corrected chi connectivity index (χ1v) is 6.74. The number of benzene rings is 2. The maximum Gasteiger partial charge on any atom is 0.323 e. The lowest BCUT2D eigenvalue weighted by atomic mass is 9.97. The van der Waals surface area contributed by atoms with Crippen LogP contribution in [0.1, 0.15) is 22.7 Å². The molecule has 0 radical (unpaired) electrons. The third-order valence-corrected chi connectivity index (χ3v) is 3.63. The summed E-state index contributed by atoms with van der Waals surface area (Å²) < 4.78 is 14.2. The summed E-state index contributed by atoms with van der Waals surface area (Å²) in [6.45, 7) is 1.86. The molecule has 3 aromatic rings. The third-order valence-electron chi connectivity index (χ3n) is 3.63. The molecule has 3 N–H and O–H groups in total. The van der Waals surface area contributed by atoms with Gasteiger partial charge in [-0.2, -0.15) is 0 Å². The summed E-state index contributed by atoms with van der Waals surface area (Å²) in [5.74, 6) is -0.239. The van der Waals surface area contributed by atoms with Gasteiger partial charge in [-0.05, 0) is 43.3 Å². The van der Waals surface area contributed by atoms with Gasteiger partial charge in [-0.1, -0.05) is 18.2 Å². The van der Waals surface area contributed by atoms with E-state index in [0.29, 0.717) is 11.1 Å². The smallest absolute Gasteiger partial charge is 0.309 e. The Morgan fingerprint density at radius 3 is 2.57 bits per heavy atom. The van der Waals surface area contributed by atoms with E-state index in [9.17, 15) is 9.18 Å². The lowest BCUT2D eigenvalue weighted by Gasteiger charge is -2.18. The summed E-state index contributed by atoms with van der Waals surface area (Å²) >= 11 is 0. The van der Waals surface area contributed by atoms with Crippen LogP contribution in [0, 0.1) is 12.7 Å². The second-order valence-corrected chi connectivity index (χ2v) is 5.13. The van der Waals surface area contributed by atoms with E-state index in [1.165, 1.54) is 6.07 Å². The number of hydrogen-bond acceptors (Lipinski definition) is 2. The van der Waals surface area contributed by atoms with Crippen molar-refractivity contribution in [2.45, 2.75) is 13.0 Å². The van der Waals surface area contributed by atoms with Crippen molar-refractivity contribution in [2.24, 2.45) is 0 Å². The molecule has 0 aliphatic carbocycles. The third kappa shape index (κ3) is 2.48. The zero-order valence-electron chi connectivity index (χ0n) is 11.8. The van der Waals surface area contributed by atoms with Crippen LogP contribution in [-0.2, 0) is 0 Å². The molecule has 1 atom stereocenters. The van der Waals surface area contributed by atoms with Crippen LogP contribution < -0.4 is 11.0 Å². The van der Waals surface area contributed by atoms with Crippen LogP contribution >= 0.6 is 0 Å². The van der Waals surface area contributed by atoms with Crippen LogP contribution in [-0.4, -0.2) is 17.0 Å². The first-order chi connectivity index (χ1) is 10.1. The minimum atomic E-state index is -0.270. The molecule has 3 rings (SSSR count). The first kappa shape index (κ1) is 13.6. The Hall–Kier alpha value is -2.40. The van der Waals surface area contributed by atoms with Crippen LogP contribution in [0.2, 0.25) is 0 Å². The molecule has 0 amide bonds. The second-order valence-electron chi connectivity index (χ2n) is 5.13. The Morgan fingerprint density at radius 2 is 1.86 bits per heavy atom. The summed E-state index contributed by atoms with van der Waals surface area (Å²) in [6.07, 6.45) is 0. The highest BCUT2D eigenvalue weighted by Crippen LogP contribution is 2.26. The minimum Gasteiger partial charge on any atom is -0.309 e. The largest absolute Gasteiger partial charge is 0.323 e. The average molecular weight is 285 g/mol. The highest BCUT2D eigenvalue weighted by Gasteiger charge is 2.17. The van der Waals surface area contributed by atoms with Gasteiger partial charge in [0.15, 0.2) is 0 Å². The zero-order valence-corrected chi connectivity index (χ0v) is 11.8. The molecule has 4 nitrogen and oxygen atoms in total. The highest BCUT2D eigenvalue weighted by atomic mass is 19.1. The predicted molar refractivity (Wildman–Crippen MR) is 81.0 cm³/mol. The summed E-state index contributed by atoms with van der Waals surface area (Å²) in [7, 11) is 1.79. The van der Waals surface area contributed by atoms with Crippen LogP contribution in [0.15, 0.2) is 41.2 Å². The number of fused-ring (bicyclic) bond motifs is 1. The number of nitrogens with one attached hydrogen (secondary N) is 3. The second kappa shape index (κ2) is 5.18. The number of aryl methyl sites for hydroxylation is 1. The molecular formula is C16H16FN3O. The van der Waals surface area contributed by atoms with Gasteiger partial charge < -0.3 is 15.3 Å². The summed E-state index contributed by atoms with van der Waals surface area (Å²) in [4.78, 5) is 16.7. The molecule has 1 aromatic heterocycles. The van der Waals surface area contributed by atoms with E-state index in [4.69, 9.17) is 0 Å². The maximum atomic E-state index is 14.2. The minimum absolute atomic E-state index is 0.239. The molecule has 0 saturated heterocycles. The molecule has 5 heteroatoms. The van der Waals surface area contributed by atoms with E-state index < -0.39 is 0 Å². The topological polar surface area (TPSA) is 60.7 Å². The van der Waals surface area contributed by atoms with Gasteiger partial charge in [0.2, 0.25) is 0 Å². The summed E-state index contributed by atoms with van der Waals surface area (Å²) in [5.41, 5.74) is 3.57. The van der Waals surface area contributed by atoms with E-state index in [0.717, 1.165) is 16.6 Å². The number of aromatic nitrogens is 2. The van der Waals surface area contributed by atoms with Gasteiger partial charge in [0.1, 0.15) is 5.82 Å². The van der Waals surface area contributed by atoms with Crippen molar-refractivity contribution in [2.75, 3.05) is 7.05 Å². The Bertz CT molecular complexity index is 850. The molecule has 0 spiro atoms. The van der Waals surface area contributed by atoms with Crippen LogP contribution in [0.4, 0.5) is 4.39 Å². The molecule has 1 unspecified atom stereocenters. The Balaban J connectivity index is 2.10. The molecule has 0 fully saturated rings. The fourth-order valence-electron chi connectivity index (χ4n) is 2.60. The van der Waals surface area contributed by atoms with Crippen LogP contribution in [0.25, 0.3) is 11.0 Å². The van der Waals surface area contributed by atoms with E-state index in [1.54, 1.807) is 13.1 Å². The normalized spacial score (nSPS) is 12.7. The van der Waals surface area contributed by atoms with Crippen molar-refractivity contribution in [3.8, 4) is 0 Å². The van der Waals surface area contributed by atoms with Crippen molar-refractivity contribution in [3.63, 3.8) is 0 Å². The lowest BCUT2D eigenvalue weighted by molar-refractivity contribution is 0.575. The molecule has 0 saturated carbocycles. The highest BCUT2D eigenvalue weighted by molar-refractivity contribution is 5.75. The van der Waals surface area contributed by atoms with E-state index >= 15 is 0 Å². The molecule has 0 aliphatic heterocycles. The van der Waals surface area contributed by atoms with Gasteiger partial charge in [0.05, 0.1) is 17.1 Å².